The summed E-state index contributed by atoms with van der Waals surface area (Å²) in [4.78, 5) is 4.39. The van der Waals surface area contributed by atoms with Gasteiger partial charge in [0.2, 0.25) is 0 Å². The molecule has 0 unspecified atom stereocenters. The lowest BCUT2D eigenvalue weighted by Crippen LogP contribution is -2.16. The van der Waals surface area contributed by atoms with E-state index in [-0.39, 0.29) is 0 Å². The molecule has 0 aliphatic heterocycles. The molecule has 0 aliphatic rings. The standard InChI is InChI=1S/C17H30N2/c1-3-4-5-6-7-8-9-10-13-18-15-17-16(2)12-11-14-19-17/h11-12,14,18H,3-10,13,15H2,1-2H3. The third kappa shape index (κ3) is 7.99. The van der Waals surface area contributed by atoms with Crippen molar-refractivity contribution in [3.05, 3.63) is 29.6 Å². The van der Waals surface area contributed by atoms with Crippen molar-refractivity contribution >= 4 is 0 Å². The maximum Gasteiger partial charge on any atom is 0.0570 e. The van der Waals surface area contributed by atoms with E-state index in [4.69, 9.17) is 0 Å². The van der Waals surface area contributed by atoms with Crippen LogP contribution in [0.2, 0.25) is 0 Å². The fraction of sp³-hybridized carbons (Fsp3) is 0.706. The highest BCUT2D eigenvalue weighted by molar-refractivity contribution is 5.17. The number of nitrogens with one attached hydrogen (secondary N) is 1. The van der Waals surface area contributed by atoms with E-state index in [0.29, 0.717) is 0 Å². The van der Waals surface area contributed by atoms with Crippen LogP contribution in [0.1, 0.15) is 69.5 Å². The monoisotopic (exact) mass is 262 g/mol. The lowest BCUT2D eigenvalue weighted by Gasteiger charge is -2.06. The second-order valence-electron chi connectivity index (χ2n) is 5.42. The lowest BCUT2D eigenvalue weighted by molar-refractivity contribution is 0.553. The maximum atomic E-state index is 4.39. The molecule has 1 aromatic heterocycles. The Hall–Kier alpha value is -0.890. The van der Waals surface area contributed by atoms with Gasteiger partial charge < -0.3 is 5.32 Å². The molecular weight excluding hydrogens is 232 g/mol. The van der Waals surface area contributed by atoms with E-state index in [1.54, 1.807) is 0 Å². The number of rotatable bonds is 11. The Morgan fingerprint density at radius 3 is 2.37 bits per heavy atom. The van der Waals surface area contributed by atoms with E-state index in [1.807, 2.05) is 12.3 Å². The van der Waals surface area contributed by atoms with Gasteiger partial charge in [0.05, 0.1) is 5.69 Å². The minimum atomic E-state index is 0.906. The Labute approximate surface area is 119 Å². The van der Waals surface area contributed by atoms with Gasteiger partial charge in [-0.1, -0.05) is 57.9 Å². The molecule has 0 fully saturated rings. The Morgan fingerprint density at radius 2 is 1.68 bits per heavy atom. The summed E-state index contributed by atoms with van der Waals surface area (Å²) in [6.45, 7) is 6.42. The molecule has 108 valence electrons. The first-order valence-corrected chi connectivity index (χ1v) is 7.95. The van der Waals surface area contributed by atoms with Crippen molar-refractivity contribution in [3.63, 3.8) is 0 Å². The van der Waals surface area contributed by atoms with Crippen LogP contribution in [0.4, 0.5) is 0 Å². The summed E-state index contributed by atoms with van der Waals surface area (Å²) in [6, 6.07) is 4.12. The second kappa shape index (κ2) is 11.0. The third-order valence-corrected chi connectivity index (χ3v) is 3.62. The van der Waals surface area contributed by atoms with Crippen LogP contribution in [0.25, 0.3) is 0 Å². The summed E-state index contributed by atoms with van der Waals surface area (Å²) in [5.74, 6) is 0. The molecule has 0 amide bonds. The maximum absolute atomic E-state index is 4.39. The zero-order valence-electron chi connectivity index (χ0n) is 12.8. The quantitative estimate of drug-likeness (QED) is 0.589. The normalized spacial score (nSPS) is 10.8. The smallest absolute Gasteiger partial charge is 0.0570 e. The number of pyridine rings is 1. The van der Waals surface area contributed by atoms with Gasteiger partial charge in [0.15, 0.2) is 0 Å². The average molecular weight is 262 g/mol. The van der Waals surface area contributed by atoms with E-state index < -0.39 is 0 Å². The molecule has 1 N–H and O–H groups in total. The van der Waals surface area contributed by atoms with Crippen LogP contribution in [0.15, 0.2) is 18.3 Å². The van der Waals surface area contributed by atoms with Crippen LogP contribution in [-0.2, 0) is 6.54 Å². The first kappa shape index (κ1) is 16.2. The summed E-state index contributed by atoms with van der Waals surface area (Å²) in [7, 11) is 0. The average Bonchev–Trinajstić information content (AvgIpc) is 2.43. The summed E-state index contributed by atoms with van der Waals surface area (Å²) >= 11 is 0. The van der Waals surface area contributed by atoms with Crippen molar-refractivity contribution < 1.29 is 0 Å². The zero-order chi connectivity index (χ0) is 13.8. The van der Waals surface area contributed by atoms with E-state index in [2.05, 4.69) is 30.2 Å². The van der Waals surface area contributed by atoms with E-state index in [9.17, 15) is 0 Å². The van der Waals surface area contributed by atoms with Crippen LogP contribution < -0.4 is 5.32 Å². The first-order chi connectivity index (χ1) is 9.34. The molecule has 2 nitrogen and oxygen atoms in total. The molecule has 1 aromatic rings. The highest BCUT2D eigenvalue weighted by atomic mass is 14.9. The molecule has 1 rings (SSSR count). The van der Waals surface area contributed by atoms with Crippen molar-refractivity contribution in [2.24, 2.45) is 0 Å². The number of hydrogen-bond acceptors (Lipinski definition) is 2. The second-order valence-corrected chi connectivity index (χ2v) is 5.42. The first-order valence-electron chi connectivity index (χ1n) is 7.95. The largest absolute Gasteiger partial charge is 0.311 e. The van der Waals surface area contributed by atoms with E-state index >= 15 is 0 Å². The summed E-state index contributed by atoms with van der Waals surface area (Å²) < 4.78 is 0. The van der Waals surface area contributed by atoms with E-state index in [0.717, 1.165) is 13.1 Å². The molecule has 0 aromatic carbocycles. The van der Waals surface area contributed by atoms with Gasteiger partial charge in [-0.3, -0.25) is 4.98 Å². The Balaban J connectivity index is 1.90. The Bertz CT molecular complexity index is 323. The summed E-state index contributed by atoms with van der Waals surface area (Å²) in [6.07, 6.45) is 12.9. The molecule has 0 radical (unpaired) electrons. The molecule has 19 heavy (non-hydrogen) atoms. The number of hydrogen-bond donors (Lipinski definition) is 1. The highest BCUT2D eigenvalue weighted by Gasteiger charge is 1.97. The van der Waals surface area contributed by atoms with Crippen molar-refractivity contribution in [2.75, 3.05) is 6.54 Å². The zero-order valence-corrected chi connectivity index (χ0v) is 12.8. The van der Waals surface area contributed by atoms with Gasteiger partial charge in [-0.15, -0.1) is 0 Å². The molecular formula is C17H30N2. The predicted octanol–water partition coefficient (Wildman–Crippen LogP) is 4.62. The molecule has 1 heterocycles. The third-order valence-electron chi connectivity index (χ3n) is 3.62. The van der Waals surface area contributed by atoms with Gasteiger partial charge in [0.1, 0.15) is 0 Å². The van der Waals surface area contributed by atoms with Crippen LogP contribution in [0.5, 0.6) is 0 Å². The number of aromatic nitrogens is 1. The minimum absolute atomic E-state index is 0.906. The molecule has 0 spiro atoms. The minimum Gasteiger partial charge on any atom is -0.311 e. The van der Waals surface area contributed by atoms with Crippen LogP contribution in [0, 0.1) is 6.92 Å². The molecule has 0 saturated carbocycles. The van der Waals surface area contributed by atoms with Crippen LogP contribution >= 0.6 is 0 Å². The number of nitrogens with zero attached hydrogens (tertiary/aromatic N) is 1. The SMILES string of the molecule is CCCCCCCCCCNCc1ncccc1C. The fourth-order valence-corrected chi connectivity index (χ4v) is 2.29. The van der Waals surface area contributed by atoms with E-state index in [1.165, 1.54) is 62.6 Å². The molecule has 0 aliphatic carbocycles. The van der Waals surface area contributed by atoms with Gasteiger partial charge in [-0.2, -0.15) is 0 Å². The van der Waals surface area contributed by atoms with Gasteiger partial charge in [-0.05, 0) is 31.5 Å². The van der Waals surface area contributed by atoms with Crippen LogP contribution in [0.3, 0.4) is 0 Å². The Morgan fingerprint density at radius 1 is 1.00 bits per heavy atom. The topological polar surface area (TPSA) is 24.9 Å². The van der Waals surface area contributed by atoms with Gasteiger partial charge >= 0.3 is 0 Å². The van der Waals surface area contributed by atoms with Gasteiger partial charge in [0.25, 0.3) is 0 Å². The Kier molecular flexibility index (Phi) is 9.34. The molecule has 2 heteroatoms. The number of unbranched alkanes of at least 4 members (excludes halogenated alkanes) is 7. The molecule has 0 bridgehead atoms. The van der Waals surface area contributed by atoms with Gasteiger partial charge in [-0.25, -0.2) is 0 Å². The molecule has 0 saturated heterocycles. The molecule has 0 atom stereocenters. The lowest BCUT2D eigenvalue weighted by atomic mass is 10.1. The van der Waals surface area contributed by atoms with Crippen molar-refractivity contribution in [1.29, 1.82) is 0 Å². The summed E-state index contributed by atoms with van der Waals surface area (Å²) in [5.41, 5.74) is 2.47. The fourth-order valence-electron chi connectivity index (χ4n) is 2.29. The highest BCUT2D eigenvalue weighted by Crippen LogP contribution is 2.08. The van der Waals surface area contributed by atoms with Gasteiger partial charge in [0, 0.05) is 12.7 Å². The van der Waals surface area contributed by atoms with Crippen molar-refractivity contribution in [2.45, 2.75) is 71.8 Å². The predicted molar refractivity (Wildman–Crippen MR) is 83.3 cm³/mol. The van der Waals surface area contributed by atoms with Crippen molar-refractivity contribution in [1.82, 2.24) is 10.3 Å². The number of aryl methyl sites for hydroxylation is 1. The van der Waals surface area contributed by atoms with Crippen LogP contribution in [-0.4, -0.2) is 11.5 Å². The van der Waals surface area contributed by atoms with Crippen molar-refractivity contribution in [3.8, 4) is 0 Å². The summed E-state index contributed by atoms with van der Waals surface area (Å²) in [5, 5.41) is 3.49.